The van der Waals surface area contributed by atoms with Gasteiger partial charge in [-0.25, -0.2) is 8.88 Å². The Labute approximate surface area is 37.6 Å². The molecule has 0 fully saturated rings. The van der Waals surface area contributed by atoms with Gasteiger partial charge in [0.05, 0.1) is 0 Å². The Hall–Kier alpha value is 0.410. The molecule has 1 unspecified atom stereocenters. The molecule has 0 saturated carbocycles. The van der Waals surface area contributed by atoms with E-state index >= 15 is 0 Å². The molecule has 0 saturated heterocycles. The van der Waals surface area contributed by atoms with Crippen molar-refractivity contribution in [1.82, 2.24) is 0 Å². The first-order valence-electron chi connectivity index (χ1n) is 1.01. The van der Waals surface area contributed by atoms with Crippen LogP contribution in [0.25, 0.3) is 0 Å². The van der Waals surface area contributed by atoms with Gasteiger partial charge in [0.2, 0.25) is 0 Å². The third kappa shape index (κ3) is 4.41. The Morgan fingerprint density at radius 3 is 2.50 bits per heavy atom. The van der Waals surface area contributed by atoms with Gasteiger partial charge in [0.25, 0.3) is 8.53 Å². The quantitative estimate of drug-likeness (QED) is 0.526. The van der Waals surface area contributed by atoms with Gasteiger partial charge in [0, 0.05) is 0 Å². The van der Waals surface area contributed by atoms with Gasteiger partial charge in [-0.05, 0) is 0 Å². The van der Waals surface area contributed by atoms with Gasteiger partial charge in [-0.15, -0.1) is 0 Å². The zero-order valence-electron chi connectivity index (χ0n) is 2.74. The summed E-state index contributed by atoms with van der Waals surface area (Å²) in [6.45, 7) is 0. The van der Waals surface area contributed by atoms with E-state index in [9.17, 15) is 4.57 Å². The van der Waals surface area contributed by atoms with Crippen molar-refractivity contribution in [3.05, 3.63) is 0 Å². The molecule has 0 aromatic heterocycles. The van der Waals surface area contributed by atoms with E-state index < -0.39 is 17.2 Å². The first-order valence-corrected chi connectivity index (χ1v) is 3.02. The largest absolute Gasteiger partial charge is 0.338 e. The van der Waals surface area contributed by atoms with Crippen molar-refractivity contribution in [3.8, 4) is 0 Å². The maximum absolute atomic E-state index is 9.27. The van der Waals surface area contributed by atoms with E-state index in [4.69, 9.17) is 4.89 Å². The summed E-state index contributed by atoms with van der Waals surface area (Å²) in [5.74, 6) is 0. The number of hydrogen-bond donors (Lipinski definition) is 2. The molecule has 6 heteroatoms. The molecule has 0 radical (unpaired) electrons. The number of rotatable bonds is 2. The zero-order valence-corrected chi connectivity index (χ0v) is 4.52. The summed E-state index contributed by atoms with van der Waals surface area (Å²) in [7, 11) is -2.50. The van der Waals surface area contributed by atoms with E-state index in [2.05, 4.69) is 9.81 Å². The summed E-state index contributed by atoms with van der Waals surface area (Å²) in [4.78, 5) is 7.97. The Balaban J connectivity index is 2.81. The van der Waals surface area contributed by atoms with Gasteiger partial charge in [-0.1, -0.05) is 0 Å². The third-order valence-electron chi connectivity index (χ3n) is 0.117. The highest BCUT2D eigenvalue weighted by molar-refractivity contribution is 7.49. The standard InChI is InChI=1S/H3NO3P2/c1-6(3)4-5-2/h3H,1H2. The van der Waals surface area contributed by atoms with Crippen molar-refractivity contribution in [2.45, 2.75) is 0 Å². The fourth-order valence-corrected chi connectivity index (χ4v) is 0.307. The van der Waals surface area contributed by atoms with Crippen molar-refractivity contribution in [2.24, 2.45) is 5.50 Å². The fraction of sp³-hybridized carbons (Fsp3) is 0. The second-order valence-corrected chi connectivity index (χ2v) is 1.87. The predicted octanol–water partition coefficient (Wildman–Crippen LogP) is 0.388. The van der Waals surface area contributed by atoms with E-state index in [-0.39, 0.29) is 0 Å². The third-order valence-corrected chi connectivity index (χ3v) is 1.05. The fourth-order valence-electron chi connectivity index (χ4n) is 0.0342. The smallest absolute Gasteiger partial charge is 0.334 e. The van der Waals surface area contributed by atoms with Crippen LogP contribution < -0.4 is 5.50 Å². The Kier molecular flexibility index (Phi) is 3.84. The van der Waals surface area contributed by atoms with Crippen LogP contribution in [0.1, 0.15) is 0 Å². The molecule has 1 atom stereocenters. The van der Waals surface area contributed by atoms with E-state index in [0.717, 1.165) is 0 Å². The zero-order chi connectivity index (χ0) is 4.99. The first-order chi connectivity index (χ1) is 2.77. The highest BCUT2D eigenvalue weighted by Crippen LogP contribution is 2.25. The van der Waals surface area contributed by atoms with Gasteiger partial charge < -0.3 is 4.89 Å². The molecular weight excluding hydrogens is 124 g/mol. The van der Waals surface area contributed by atoms with E-state index in [1.165, 1.54) is 0 Å². The summed E-state index contributed by atoms with van der Waals surface area (Å²) in [5, 5.41) is 0. The maximum atomic E-state index is 9.27. The van der Waals surface area contributed by atoms with E-state index in [1.807, 2.05) is 0 Å². The van der Waals surface area contributed by atoms with Crippen LogP contribution >= 0.6 is 17.2 Å². The molecule has 0 aliphatic rings. The van der Waals surface area contributed by atoms with Crippen LogP contribution in [0.3, 0.4) is 0 Å². The van der Waals surface area contributed by atoms with Gasteiger partial charge in [0.1, 0.15) is 0 Å². The molecule has 0 aromatic carbocycles. The summed E-state index contributed by atoms with van der Waals surface area (Å²) in [5.41, 5.74) is 4.59. The lowest BCUT2D eigenvalue weighted by molar-refractivity contribution is 0.488. The van der Waals surface area contributed by atoms with E-state index in [0.29, 0.717) is 0 Å². The van der Waals surface area contributed by atoms with Crippen molar-refractivity contribution in [3.63, 3.8) is 0 Å². The van der Waals surface area contributed by atoms with Crippen LogP contribution in [-0.4, -0.2) is 4.89 Å². The number of nitrogens with two attached hydrogens (primary N) is 1. The minimum Gasteiger partial charge on any atom is -0.338 e. The molecular formula is H3NO3P2. The van der Waals surface area contributed by atoms with Gasteiger partial charge in [0.15, 0.2) is 0 Å². The average Bonchev–Trinajstić information content (AvgIpc) is 1.35. The van der Waals surface area contributed by atoms with Crippen molar-refractivity contribution in [2.75, 3.05) is 0 Å². The predicted molar refractivity (Wildman–Crippen MR) is 22.0 cm³/mol. The SMILES string of the molecule is NP(O)OP=O. The highest BCUT2D eigenvalue weighted by Gasteiger charge is 1.90. The lowest BCUT2D eigenvalue weighted by atomic mass is 13.9. The number of hydrogen-bond acceptors (Lipinski definition) is 4. The molecule has 0 aromatic rings. The Morgan fingerprint density at radius 1 is 2.00 bits per heavy atom. The van der Waals surface area contributed by atoms with Crippen molar-refractivity contribution >= 4 is 17.2 Å². The minimum absolute atomic E-state index is 0.572. The summed E-state index contributed by atoms with van der Waals surface area (Å²) < 4.78 is 13.1. The lowest BCUT2D eigenvalue weighted by Gasteiger charge is -1.88. The molecule has 4 nitrogen and oxygen atoms in total. The van der Waals surface area contributed by atoms with Crippen molar-refractivity contribution < 1.29 is 13.8 Å². The van der Waals surface area contributed by atoms with Crippen LogP contribution in [0.5, 0.6) is 0 Å². The molecule has 0 aliphatic heterocycles. The molecule has 0 spiro atoms. The molecule has 0 aliphatic carbocycles. The minimum atomic E-state index is -1.93. The molecule has 3 N–H and O–H groups in total. The van der Waals surface area contributed by atoms with Gasteiger partial charge in [-0.3, -0.25) is 5.50 Å². The monoisotopic (exact) mass is 127 g/mol. The van der Waals surface area contributed by atoms with Crippen LogP contribution in [0.4, 0.5) is 0 Å². The summed E-state index contributed by atoms with van der Waals surface area (Å²) >= 11 is 0. The second kappa shape index (κ2) is 3.59. The van der Waals surface area contributed by atoms with Crippen LogP contribution in [0, 0.1) is 0 Å². The summed E-state index contributed by atoms with van der Waals surface area (Å²) in [6.07, 6.45) is 0. The highest BCUT2D eigenvalue weighted by atomic mass is 31.2. The lowest BCUT2D eigenvalue weighted by Crippen LogP contribution is -1.81. The van der Waals surface area contributed by atoms with E-state index in [1.54, 1.807) is 0 Å². The van der Waals surface area contributed by atoms with Gasteiger partial charge in [-0.2, -0.15) is 0 Å². The van der Waals surface area contributed by atoms with Crippen molar-refractivity contribution in [1.29, 1.82) is 0 Å². The van der Waals surface area contributed by atoms with Gasteiger partial charge >= 0.3 is 8.69 Å². The Bertz CT molecular complexity index is 44.1. The molecule has 6 heavy (non-hydrogen) atoms. The topological polar surface area (TPSA) is 72.6 Å². The first kappa shape index (κ1) is 6.41. The molecule has 0 rings (SSSR count). The maximum Gasteiger partial charge on any atom is 0.334 e. The average molecular weight is 127 g/mol. The van der Waals surface area contributed by atoms with Crippen LogP contribution in [-0.2, 0) is 8.88 Å². The molecule has 0 amide bonds. The summed E-state index contributed by atoms with van der Waals surface area (Å²) in [6, 6.07) is 0. The Morgan fingerprint density at radius 2 is 2.50 bits per heavy atom. The molecule has 0 heterocycles. The molecule has 0 bridgehead atoms. The van der Waals surface area contributed by atoms with Crippen LogP contribution in [0.15, 0.2) is 0 Å². The molecule has 36 valence electrons. The normalized spacial score (nSPS) is 15.0. The van der Waals surface area contributed by atoms with Crippen LogP contribution in [0.2, 0.25) is 0 Å². The second-order valence-electron chi connectivity index (χ2n) is 0.459.